The molecule has 0 saturated carbocycles. The average molecular weight is 330 g/mol. The van der Waals surface area contributed by atoms with Crippen LogP contribution >= 0.6 is 0 Å². The van der Waals surface area contributed by atoms with Gasteiger partial charge in [-0.05, 0) is 24.6 Å². The van der Waals surface area contributed by atoms with Gasteiger partial charge in [-0.25, -0.2) is 12.8 Å². The van der Waals surface area contributed by atoms with Gasteiger partial charge in [0.2, 0.25) is 10.0 Å². The monoisotopic (exact) mass is 330 g/mol. The van der Waals surface area contributed by atoms with E-state index < -0.39 is 21.5 Å². The van der Waals surface area contributed by atoms with E-state index >= 15 is 0 Å². The van der Waals surface area contributed by atoms with Crippen LogP contribution in [0.5, 0.6) is 0 Å². The number of hydrogen-bond acceptors (Lipinski definition) is 4. The number of nitrogens with one attached hydrogen (secondary N) is 1. The maximum atomic E-state index is 12.8. The van der Waals surface area contributed by atoms with Crippen molar-refractivity contribution in [2.24, 2.45) is 0 Å². The van der Waals surface area contributed by atoms with E-state index in [9.17, 15) is 17.6 Å². The van der Waals surface area contributed by atoms with Crippen LogP contribution in [0.15, 0.2) is 24.3 Å². The minimum atomic E-state index is -3.37. The molecule has 8 heteroatoms. The number of amides is 1. The van der Waals surface area contributed by atoms with E-state index in [4.69, 9.17) is 4.74 Å². The van der Waals surface area contributed by atoms with Crippen LogP contribution in [-0.2, 0) is 26.1 Å². The Morgan fingerprint density at radius 2 is 2.05 bits per heavy atom. The number of hydrogen-bond donors (Lipinski definition) is 1. The lowest BCUT2D eigenvalue weighted by atomic mass is 10.0. The van der Waals surface area contributed by atoms with E-state index in [1.165, 1.54) is 16.4 Å². The summed E-state index contributed by atoms with van der Waals surface area (Å²) >= 11 is 0. The number of ether oxygens (including phenoxy) is 1. The Labute approximate surface area is 129 Å². The van der Waals surface area contributed by atoms with Crippen LogP contribution < -0.4 is 5.32 Å². The summed E-state index contributed by atoms with van der Waals surface area (Å²) in [6.45, 7) is 2.15. The Bertz CT molecular complexity index is 647. The first kappa shape index (κ1) is 16.9. The van der Waals surface area contributed by atoms with Gasteiger partial charge in [-0.15, -0.1) is 0 Å². The molecule has 1 aromatic rings. The number of benzene rings is 1. The van der Waals surface area contributed by atoms with Crippen molar-refractivity contribution in [3.63, 3.8) is 0 Å². The lowest BCUT2D eigenvalue weighted by Crippen LogP contribution is -2.59. The zero-order valence-corrected chi connectivity index (χ0v) is 13.3. The van der Waals surface area contributed by atoms with Crippen molar-refractivity contribution in [2.45, 2.75) is 19.1 Å². The Kier molecular flexibility index (Phi) is 4.84. The number of halogens is 1. The van der Waals surface area contributed by atoms with E-state index in [-0.39, 0.29) is 32.1 Å². The van der Waals surface area contributed by atoms with Crippen LogP contribution in [0.25, 0.3) is 0 Å². The molecule has 122 valence electrons. The standard InChI is InChI=1S/C14H19FN2O4S/c1-14(10-17(7-8-21-14)22(2,19)20)13(18)16-9-11-3-5-12(15)6-4-11/h3-6H,7-10H2,1-2H3,(H,16,18)/t14-/m1/s1. The third-order valence-electron chi connectivity index (χ3n) is 3.56. The summed E-state index contributed by atoms with van der Waals surface area (Å²) in [6, 6.07) is 5.77. The first-order valence-electron chi connectivity index (χ1n) is 6.82. The molecule has 1 aliphatic rings. The highest BCUT2D eigenvalue weighted by atomic mass is 32.2. The fourth-order valence-corrected chi connectivity index (χ4v) is 3.11. The van der Waals surface area contributed by atoms with Gasteiger partial charge in [-0.2, -0.15) is 4.31 Å². The largest absolute Gasteiger partial charge is 0.363 e. The third-order valence-corrected chi connectivity index (χ3v) is 4.80. The quantitative estimate of drug-likeness (QED) is 0.872. The minimum absolute atomic E-state index is 0.0267. The molecular weight excluding hydrogens is 311 g/mol. The summed E-state index contributed by atoms with van der Waals surface area (Å²) < 4.78 is 42.8. The second kappa shape index (κ2) is 6.31. The second-order valence-corrected chi connectivity index (χ2v) is 7.47. The molecular formula is C14H19FN2O4S. The number of carbonyl (C=O) groups is 1. The van der Waals surface area contributed by atoms with Crippen molar-refractivity contribution in [3.05, 3.63) is 35.6 Å². The van der Waals surface area contributed by atoms with Gasteiger partial charge >= 0.3 is 0 Å². The highest BCUT2D eigenvalue weighted by molar-refractivity contribution is 7.88. The van der Waals surface area contributed by atoms with Gasteiger partial charge in [0, 0.05) is 13.1 Å². The van der Waals surface area contributed by atoms with Gasteiger partial charge in [0.1, 0.15) is 5.82 Å². The predicted molar refractivity (Wildman–Crippen MR) is 79.0 cm³/mol. The van der Waals surface area contributed by atoms with E-state index in [0.717, 1.165) is 11.8 Å². The van der Waals surface area contributed by atoms with Gasteiger partial charge in [0.15, 0.2) is 5.60 Å². The highest BCUT2D eigenvalue weighted by Crippen LogP contribution is 2.20. The van der Waals surface area contributed by atoms with Gasteiger partial charge in [-0.1, -0.05) is 12.1 Å². The lowest BCUT2D eigenvalue weighted by Gasteiger charge is -2.37. The van der Waals surface area contributed by atoms with Crippen LogP contribution in [0, 0.1) is 5.82 Å². The van der Waals surface area contributed by atoms with Crippen molar-refractivity contribution in [2.75, 3.05) is 26.0 Å². The van der Waals surface area contributed by atoms with Crippen LogP contribution in [0.2, 0.25) is 0 Å². The van der Waals surface area contributed by atoms with Crippen LogP contribution in [0.4, 0.5) is 4.39 Å². The number of morpholine rings is 1. The SMILES string of the molecule is C[C@]1(C(=O)NCc2ccc(F)cc2)CN(S(C)(=O)=O)CCO1. The van der Waals surface area contributed by atoms with Crippen LogP contribution in [0.1, 0.15) is 12.5 Å². The predicted octanol–water partition coefficient (Wildman–Crippen LogP) is 0.492. The van der Waals surface area contributed by atoms with Crippen molar-refractivity contribution in [1.82, 2.24) is 9.62 Å². The van der Waals surface area contributed by atoms with Crippen molar-refractivity contribution in [3.8, 4) is 0 Å². The minimum Gasteiger partial charge on any atom is -0.363 e. The van der Waals surface area contributed by atoms with E-state index in [2.05, 4.69) is 5.32 Å². The molecule has 0 unspecified atom stereocenters. The summed E-state index contributed by atoms with van der Waals surface area (Å²) in [5, 5.41) is 2.69. The molecule has 1 amide bonds. The zero-order valence-electron chi connectivity index (χ0n) is 12.5. The molecule has 1 aliphatic heterocycles. The molecule has 0 aliphatic carbocycles. The normalized spacial score (nSPS) is 23.2. The lowest BCUT2D eigenvalue weighted by molar-refractivity contribution is -0.152. The topological polar surface area (TPSA) is 75.7 Å². The Balaban J connectivity index is 2.00. The number of nitrogens with zero attached hydrogens (tertiary/aromatic N) is 1. The smallest absolute Gasteiger partial charge is 0.253 e. The van der Waals surface area contributed by atoms with Gasteiger partial charge in [0.05, 0.1) is 19.4 Å². The molecule has 1 N–H and O–H groups in total. The molecule has 0 radical (unpaired) electrons. The van der Waals surface area contributed by atoms with E-state index in [1.807, 2.05) is 0 Å². The van der Waals surface area contributed by atoms with E-state index in [1.54, 1.807) is 19.1 Å². The summed E-state index contributed by atoms with van der Waals surface area (Å²) in [6.07, 6.45) is 1.11. The molecule has 1 heterocycles. The Hall–Kier alpha value is -1.51. The molecule has 6 nitrogen and oxygen atoms in total. The summed E-state index contributed by atoms with van der Waals surface area (Å²) in [7, 11) is -3.37. The number of carbonyl (C=O) groups excluding carboxylic acids is 1. The summed E-state index contributed by atoms with van der Waals surface area (Å²) in [5.41, 5.74) is -0.490. The first-order chi connectivity index (χ1) is 10.2. The third kappa shape index (κ3) is 4.02. The fourth-order valence-electron chi connectivity index (χ4n) is 2.23. The molecule has 2 rings (SSSR count). The molecule has 1 fully saturated rings. The second-order valence-electron chi connectivity index (χ2n) is 5.49. The maximum absolute atomic E-state index is 12.8. The molecule has 22 heavy (non-hydrogen) atoms. The molecule has 1 aromatic carbocycles. The highest BCUT2D eigenvalue weighted by Gasteiger charge is 2.41. The van der Waals surface area contributed by atoms with Gasteiger partial charge in [0.25, 0.3) is 5.91 Å². The van der Waals surface area contributed by atoms with Crippen molar-refractivity contribution < 1.29 is 22.3 Å². The zero-order chi connectivity index (χ0) is 16.4. The molecule has 0 spiro atoms. The van der Waals surface area contributed by atoms with Gasteiger partial charge < -0.3 is 10.1 Å². The Morgan fingerprint density at radius 1 is 1.41 bits per heavy atom. The first-order valence-corrected chi connectivity index (χ1v) is 8.67. The number of sulfonamides is 1. The molecule has 1 saturated heterocycles. The molecule has 1 atom stereocenters. The molecule has 0 bridgehead atoms. The maximum Gasteiger partial charge on any atom is 0.253 e. The molecule has 0 aromatic heterocycles. The van der Waals surface area contributed by atoms with Crippen molar-refractivity contribution >= 4 is 15.9 Å². The van der Waals surface area contributed by atoms with E-state index in [0.29, 0.717) is 0 Å². The Morgan fingerprint density at radius 3 is 2.64 bits per heavy atom. The van der Waals surface area contributed by atoms with Crippen molar-refractivity contribution in [1.29, 1.82) is 0 Å². The van der Waals surface area contributed by atoms with Crippen LogP contribution in [0.3, 0.4) is 0 Å². The van der Waals surface area contributed by atoms with Crippen LogP contribution in [-0.4, -0.2) is 50.2 Å². The summed E-state index contributed by atoms with van der Waals surface area (Å²) in [4.78, 5) is 12.3. The number of rotatable bonds is 4. The average Bonchev–Trinajstić information content (AvgIpc) is 2.45. The summed E-state index contributed by atoms with van der Waals surface area (Å²) in [5.74, 6) is -0.744. The van der Waals surface area contributed by atoms with Gasteiger partial charge in [-0.3, -0.25) is 4.79 Å². The fraction of sp³-hybridized carbons (Fsp3) is 0.500.